The van der Waals surface area contributed by atoms with Crippen molar-refractivity contribution in [2.75, 3.05) is 19.5 Å². The van der Waals surface area contributed by atoms with E-state index in [1.165, 1.54) is 38.5 Å². The number of phenolic OH excluding ortho intramolecular Hbond substituents is 1. The number of methoxy groups -OCH3 is 2. The van der Waals surface area contributed by atoms with E-state index in [9.17, 15) is 14.7 Å². The zero-order valence-corrected chi connectivity index (χ0v) is 13.8. The van der Waals surface area contributed by atoms with Crippen LogP contribution in [0.25, 0.3) is 6.08 Å². The van der Waals surface area contributed by atoms with Crippen LogP contribution in [0.3, 0.4) is 0 Å². The predicted molar refractivity (Wildman–Crippen MR) is 93.8 cm³/mol. The van der Waals surface area contributed by atoms with E-state index in [1.54, 1.807) is 24.3 Å². The summed E-state index contributed by atoms with van der Waals surface area (Å²) in [5.74, 6) is -0.204. The van der Waals surface area contributed by atoms with Crippen LogP contribution in [-0.4, -0.2) is 31.1 Å². The van der Waals surface area contributed by atoms with Crippen molar-refractivity contribution in [2.45, 2.75) is 0 Å². The first-order valence-corrected chi connectivity index (χ1v) is 7.28. The molecule has 0 aromatic heterocycles. The van der Waals surface area contributed by atoms with Crippen molar-refractivity contribution >= 4 is 23.6 Å². The molecular formula is C18H18N2O5. The lowest BCUT2D eigenvalue weighted by Crippen LogP contribution is -2.16. The lowest BCUT2D eigenvalue weighted by molar-refractivity contribution is -0.111. The molecule has 130 valence electrons. The maximum atomic E-state index is 12.1. The maximum absolute atomic E-state index is 12.1. The number of nitrogens with two attached hydrogens (primary N) is 1. The molecule has 2 aromatic rings. The molecular weight excluding hydrogens is 324 g/mol. The molecule has 0 heterocycles. The molecule has 0 saturated carbocycles. The van der Waals surface area contributed by atoms with Gasteiger partial charge in [-0.1, -0.05) is 6.07 Å². The van der Waals surface area contributed by atoms with Crippen molar-refractivity contribution in [1.82, 2.24) is 0 Å². The van der Waals surface area contributed by atoms with E-state index in [-0.39, 0.29) is 17.0 Å². The van der Waals surface area contributed by atoms with Gasteiger partial charge in [-0.15, -0.1) is 0 Å². The summed E-state index contributed by atoms with van der Waals surface area (Å²) in [6, 6.07) is 9.15. The molecule has 2 amide bonds. The highest BCUT2D eigenvalue weighted by atomic mass is 16.5. The molecule has 0 unspecified atom stereocenters. The van der Waals surface area contributed by atoms with Gasteiger partial charge in [0, 0.05) is 6.08 Å². The number of phenols is 1. The molecule has 0 aliphatic carbocycles. The average molecular weight is 342 g/mol. The van der Waals surface area contributed by atoms with E-state index in [2.05, 4.69) is 5.32 Å². The number of aromatic hydroxyl groups is 1. The minimum atomic E-state index is -0.755. The second kappa shape index (κ2) is 7.87. The molecule has 2 rings (SSSR count). The predicted octanol–water partition coefficient (Wildman–Crippen LogP) is 2.16. The first-order chi connectivity index (χ1) is 11.9. The largest absolute Gasteiger partial charge is 0.508 e. The molecule has 0 aliphatic heterocycles. The molecule has 0 radical (unpaired) electrons. The number of primary amides is 1. The Labute approximate surface area is 144 Å². The average Bonchev–Trinajstić information content (AvgIpc) is 2.61. The Balaban J connectivity index is 2.15. The van der Waals surface area contributed by atoms with Gasteiger partial charge in [0.2, 0.25) is 5.91 Å². The number of nitrogens with one attached hydrogen (secondary N) is 1. The van der Waals surface area contributed by atoms with Gasteiger partial charge in [-0.25, -0.2) is 0 Å². The molecule has 7 nitrogen and oxygen atoms in total. The SMILES string of the molecule is COc1ccc(C=CC(=O)Nc2ccc(O)cc2C(N)=O)cc1OC. The topological polar surface area (TPSA) is 111 Å². The van der Waals surface area contributed by atoms with Crippen LogP contribution >= 0.6 is 0 Å². The monoisotopic (exact) mass is 342 g/mol. The third-order valence-corrected chi connectivity index (χ3v) is 3.36. The zero-order chi connectivity index (χ0) is 18.4. The number of amides is 2. The Bertz CT molecular complexity index is 830. The second-order valence-corrected chi connectivity index (χ2v) is 5.03. The van der Waals surface area contributed by atoms with Crippen LogP contribution in [0.15, 0.2) is 42.5 Å². The number of carbonyl (C=O) groups excluding carboxylic acids is 2. The van der Waals surface area contributed by atoms with Crippen molar-refractivity contribution in [3.05, 3.63) is 53.6 Å². The van der Waals surface area contributed by atoms with Gasteiger partial charge in [0.1, 0.15) is 5.75 Å². The second-order valence-electron chi connectivity index (χ2n) is 5.03. The highest BCUT2D eigenvalue weighted by molar-refractivity contribution is 6.07. The van der Waals surface area contributed by atoms with Crippen molar-refractivity contribution in [2.24, 2.45) is 5.73 Å². The van der Waals surface area contributed by atoms with E-state index >= 15 is 0 Å². The molecule has 0 aliphatic rings. The van der Waals surface area contributed by atoms with E-state index in [0.29, 0.717) is 11.5 Å². The number of anilines is 1. The number of rotatable bonds is 6. The minimum absolute atomic E-state index is 0.0212. The third-order valence-electron chi connectivity index (χ3n) is 3.36. The molecule has 7 heteroatoms. The van der Waals surface area contributed by atoms with Gasteiger partial charge in [-0.3, -0.25) is 9.59 Å². The molecule has 0 fully saturated rings. The smallest absolute Gasteiger partial charge is 0.250 e. The highest BCUT2D eigenvalue weighted by Crippen LogP contribution is 2.28. The van der Waals surface area contributed by atoms with Crippen molar-refractivity contribution in [3.63, 3.8) is 0 Å². The van der Waals surface area contributed by atoms with Crippen molar-refractivity contribution in [3.8, 4) is 17.2 Å². The summed E-state index contributed by atoms with van der Waals surface area (Å²) >= 11 is 0. The lowest BCUT2D eigenvalue weighted by atomic mass is 10.1. The standard InChI is InChI=1S/C18H18N2O5/c1-24-15-7-3-11(9-16(15)25-2)4-8-17(22)20-14-6-5-12(21)10-13(14)18(19)23/h3-10,21H,1-2H3,(H2,19,23)(H,20,22). The first-order valence-electron chi connectivity index (χ1n) is 7.28. The highest BCUT2D eigenvalue weighted by Gasteiger charge is 2.11. The molecule has 0 bridgehead atoms. The van der Waals surface area contributed by atoms with Gasteiger partial charge >= 0.3 is 0 Å². The van der Waals surface area contributed by atoms with Crippen molar-refractivity contribution < 1.29 is 24.2 Å². The Hall–Kier alpha value is -3.48. The Morgan fingerprint density at radius 3 is 2.44 bits per heavy atom. The van der Waals surface area contributed by atoms with Crippen LogP contribution in [-0.2, 0) is 4.79 Å². The van der Waals surface area contributed by atoms with Crippen LogP contribution in [0.4, 0.5) is 5.69 Å². The van der Waals surface area contributed by atoms with Crippen molar-refractivity contribution in [1.29, 1.82) is 0 Å². The van der Waals surface area contributed by atoms with E-state index in [1.807, 2.05) is 0 Å². The summed E-state index contributed by atoms with van der Waals surface area (Å²) in [4.78, 5) is 23.4. The van der Waals surface area contributed by atoms with Crippen LogP contribution in [0.2, 0.25) is 0 Å². The normalized spacial score (nSPS) is 10.5. The lowest BCUT2D eigenvalue weighted by Gasteiger charge is -2.08. The van der Waals surface area contributed by atoms with Crippen LogP contribution in [0.1, 0.15) is 15.9 Å². The number of benzene rings is 2. The van der Waals surface area contributed by atoms with Gasteiger partial charge in [0.25, 0.3) is 5.91 Å². The van der Waals surface area contributed by atoms with Crippen LogP contribution < -0.4 is 20.5 Å². The number of carbonyl (C=O) groups is 2. The van der Waals surface area contributed by atoms with Crippen LogP contribution in [0.5, 0.6) is 17.2 Å². The van der Waals surface area contributed by atoms with Gasteiger partial charge in [0.15, 0.2) is 11.5 Å². The van der Waals surface area contributed by atoms with E-state index in [4.69, 9.17) is 15.2 Å². The fourth-order valence-corrected chi connectivity index (χ4v) is 2.15. The van der Waals surface area contributed by atoms with Gasteiger partial charge in [-0.05, 0) is 42.0 Å². The Kier molecular flexibility index (Phi) is 5.62. The Morgan fingerprint density at radius 1 is 1.08 bits per heavy atom. The zero-order valence-electron chi connectivity index (χ0n) is 13.8. The summed E-state index contributed by atoms with van der Waals surface area (Å²) in [7, 11) is 3.06. The molecule has 4 N–H and O–H groups in total. The first kappa shape index (κ1) is 17.9. The minimum Gasteiger partial charge on any atom is -0.508 e. The molecule has 2 aromatic carbocycles. The third kappa shape index (κ3) is 4.51. The quantitative estimate of drug-likeness (QED) is 0.550. The summed E-state index contributed by atoms with van der Waals surface area (Å²) in [5, 5.41) is 12.0. The fraction of sp³-hybridized carbons (Fsp3) is 0.111. The number of hydrogen-bond acceptors (Lipinski definition) is 5. The van der Waals surface area contributed by atoms with Gasteiger partial charge < -0.3 is 25.6 Å². The Morgan fingerprint density at radius 2 is 1.80 bits per heavy atom. The summed E-state index contributed by atoms with van der Waals surface area (Å²) < 4.78 is 10.3. The maximum Gasteiger partial charge on any atom is 0.250 e. The summed E-state index contributed by atoms with van der Waals surface area (Å²) in [6.07, 6.45) is 2.89. The van der Waals surface area contributed by atoms with Crippen LogP contribution in [0, 0.1) is 0 Å². The molecule has 0 saturated heterocycles. The fourth-order valence-electron chi connectivity index (χ4n) is 2.15. The molecule has 25 heavy (non-hydrogen) atoms. The summed E-state index contributed by atoms with van der Waals surface area (Å²) in [6.45, 7) is 0. The summed E-state index contributed by atoms with van der Waals surface area (Å²) in [5.41, 5.74) is 6.20. The van der Waals surface area contributed by atoms with E-state index < -0.39 is 11.8 Å². The van der Waals surface area contributed by atoms with Gasteiger partial charge in [0.05, 0.1) is 25.5 Å². The van der Waals surface area contributed by atoms with E-state index in [0.717, 1.165) is 5.56 Å². The van der Waals surface area contributed by atoms with Gasteiger partial charge in [-0.2, -0.15) is 0 Å². The number of hydrogen-bond donors (Lipinski definition) is 3. The molecule has 0 spiro atoms. The number of ether oxygens (including phenoxy) is 2. The molecule has 0 atom stereocenters.